The average Bonchev–Trinajstić information content (AvgIpc) is 2.77. The van der Waals surface area contributed by atoms with Gasteiger partial charge in [0.2, 0.25) is 0 Å². The van der Waals surface area contributed by atoms with Crippen molar-refractivity contribution < 1.29 is 13.9 Å². The number of aliphatic hydroxyl groups is 1. The van der Waals surface area contributed by atoms with Crippen LogP contribution in [-0.2, 0) is 0 Å². The summed E-state index contributed by atoms with van der Waals surface area (Å²) in [6, 6.07) is 2.13. The summed E-state index contributed by atoms with van der Waals surface area (Å²) in [5, 5.41) is 16.7. The molecule has 2 rings (SSSR count). The second-order valence-corrected chi connectivity index (χ2v) is 4.94. The van der Waals surface area contributed by atoms with Gasteiger partial charge in [0.05, 0.1) is 6.10 Å². The van der Waals surface area contributed by atoms with Gasteiger partial charge >= 0.3 is 0 Å². The Morgan fingerprint density at radius 1 is 1.47 bits per heavy atom. The molecule has 1 saturated heterocycles. The molecule has 1 heterocycles. The van der Waals surface area contributed by atoms with Gasteiger partial charge in [0, 0.05) is 24.6 Å². The number of nitrogen functional groups attached to an aromatic ring is 1. The number of benzene rings is 1. The van der Waals surface area contributed by atoms with E-state index in [9.17, 15) is 13.9 Å². The lowest BCUT2D eigenvalue weighted by atomic mass is 10.0. The minimum Gasteiger partial charge on any atom is -0.393 e. The summed E-state index contributed by atoms with van der Waals surface area (Å²) in [5.41, 5.74) is 5.15. The van der Waals surface area contributed by atoms with Gasteiger partial charge in [-0.25, -0.2) is 8.78 Å². The first-order valence-corrected chi connectivity index (χ1v) is 6.16. The van der Waals surface area contributed by atoms with E-state index in [1.54, 1.807) is 11.8 Å². The van der Waals surface area contributed by atoms with Crippen molar-refractivity contribution in [2.75, 3.05) is 18.0 Å². The molecular weight excluding hydrogens is 252 g/mol. The normalized spacial score (nSPS) is 20.6. The summed E-state index contributed by atoms with van der Waals surface area (Å²) in [4.78, 5) is 1.59. The molecule has 0 aromatic heterocycles. The van der Waals surface area contributed by atoms with E-state index in [2.05, 4.69) is 0 Å². The van der Waals surface area contributed by atoms with Gasteiger partial charge in [-0.05, 0) is 25.5 Å². The molecular formula is C13H17F2N3O. The highest BCUT2D eigenvalue weighted by Gasteiger charge is 2.29. The number of halogens is 2. The second-order valence-electron chi connectivity index (χ2n) is 4.94. The number of aliphatic hydroxyl groups excluding tert-OH is 1. The Bertz CT molecular complexity index is 482. The summed E-state index contributed by atoms with van der Waals surface area (Å²) in [7, 11) is 0. The number of anilines is 1. The SMILES string of the molecule is CC(O)C1CCN(c2c(F)cc(C(=N)N)cc2F)C1. The van der Waals surface area contributed by atoms with Crippen LogP contribution in [0.15, 0.2) is 12.1 Å². The fourth-order valence-corrected chi connectivity index (χ4v) is 2.41. The Labute approximate surface area is 110 Å². The van der Waals surface area contributed by atoms with Gasteiger partial charge in [-0.1, -0.05) is 0 Å². The van der Waals surface area contributed by atoms with Crippen LogP contribution < -0.4 is 10.6 Å². The van der Waals surface area contributed by atoms with Crippen LogP contribution in [0.25, 0.3) is 0 Å². The van der Waals surface area contributed by atoms with Crippen LogP contribution in [0, 0.1) is 23.0 Å². The Balaban J connectivity index is 2.29. The third-order valence-corrected chi connectivity index (χ3v) is 3.55. The monoisotopic (exact) mass is 269 g/mol. The third-order valence-electron chi connectivity index (χ3n) is 3.55. The lowest BCUT2D eigenvalue weighted by Gasteiger charge is -2.21. The predicted molar refractivity (Wildman–Crippen MR) is 69.4 cm³/mol. The fraction of sp³-hybridized carbons (Fsp3) is 0.462. The van der Waals surface area contributed by atoms with Crippen molar-refractivity contribution in [1.29, 1.82) is 5.41 Å². The molecule has 1 fully saturated rings. The molecule has 1 aliphatic rings. The summed E-state index contributed by atoms with van der Waals surface area (Å²) in [6.07, 6.45) is 0.206. The van der Waals surface area contributed by atoms with E-state index in [0.717, 1.165) is 12.1 Å². The Kier molecular flexibility index (Phi) is 3.71. The van der Waals surface area contributed by atoms with Crippen molar-refractivity contribution in [2.24, 2.45) is 11.7 Å². The van der Waals surface area contributed by atoms with E-state index in [4.69, 9.17) is 11.1 Å². The largest absolute Gasteiger partial charge is 0.393 e. The van der Waals surface area contributed by atoms with Gasteiger partial charge in [0.25, 0.3) is 0 Å². The fourth-order valence-electron chi connectivity index (χ4n) is 2.41. The number of rotatable bonds is 3. The van der Waals surface area contributed by atoms with Crippen molar-refractivity contribution in [3.8, 4) is 0 Å². The Hall–Kier alpha value is -1.69. The molecule has 0 spiro atoms. The van der Waals surface area contributed by atoms with Crippen molar-refractivity contribution in [2.45, 2.75) is 19.4 Å². The maximum Gasteiger partial charge on any atom is 0.150 e. The first-order chi connectivity index (χ1) is 8.90. The molecule has 104 valence electrons. The summed E-state index contributed by atoms with van der Waals surface area (Å²) < 4.78 is 27.9. The van der Waals surface area contributed by atoms with Crippen LogP contribution >= 0.6 is 0 Å². The van der Waals surface area contributed by atoms with E-state index in [-0.39, 0.29) is 23.0 Å². The molecule has 0 saturated carbocycles. The van der Waals surface area contributed by atoms with Crippen LogP contribution in [0.4, 0.5) is 14.5 Å². The number of hydrogen-bond donors (Lipinski definition) is 3. The van der Waals surface area contributed by atoms with Crippen LogP contribution in [0.2, 0.25) is 0 Å². The molecule has 1 aromatic rings. The average molecular weight is 269 g/mol. The highest BCUT2D eigenvalue weighted by molar-refractivity contribution is 5.95. The molecule has 0 aliphatic carbocycles. The molecule has 1 aliphatic heterocycles. The molecule has 0 radical (unpaired) electrons. The molecule has 1 aromatic carbocycles. The maximum absolute atomic E-state index is 14.0. The maximum atomic E-state index is 14.0. The third kappa shape index (κ3) is 2.68. The van der Waals surface area contributed by atoms with Gasteiger partial charge in [-0.3, -0.25) is 5.41 Å². The van der Waals surface area contributed by atoms with Crippen molar-refractivity contribution in [1.82, 2.24) is 0 Å². The molecule has 0 amide bonds. The summed E-state index contributed by atoms with van der Waals surface area (Å²) >= 11 is 0. The van der Waals surface area contributed by atoms with Gasteiger partial charge < -0.3 is 15.7 Å². The summed E-state index contributed by atoms with van der Waals surface area (Å²) in [6.45, 7) is 2.60. The molecule has 2 unspecified atom stereocenters. The highest BCUT2D eigenvalue weighted by Crippen LogP contribution is 2.30. The standard InChI is InChI=1S/C13H17F2N3O/c1-7(19)8-2-3-18(6-8)12-10(14)4-9(13(16)17)5-11(12)15/h4-5,7-8,19H,2-3,6H2,1H3,(H3,16,17). The number of nitrogens with zero attached hydrogens (tertiary/aromatic N) is 1. The zero-order chi connectivity index (χ0) is 14.2. The number of nitrogens with one attached hydrogen (secondary N) is 1. The van der Waals surface area contributed by atoms with Gasteiger partial charge in [-0.15, -0.1) is 0 Å². The minimum atomic E-state index is -0.726. The smallest absolute Gasteiger partial charge is 0.150 e. The minimum absolute atomic E-state index is 0.0197. The van der Waals surface area contributed by atoms with Crippen LogP contribution in [-0.4, -0.2) is 30.1 Å². The molecule has 0 bridgehead atoms. The van der Waals surface area contributed by atoms with Gasteiger partial charge in [0.1, 0.15) is 23.2 Å². The zero-order valence-corrected chi connectivity index (χ0v) is 10.7. The van der Waals surface area contributed by atoms with E-state index in [1.807, 2.05) is 0 Å². The van der Waals surface area contributed by atoms with Crippen molar-refractivity contribution in [3.63, 3.8) is 0 Å². The van der Waals surface area contributed by atoms with Crippen LogP contribution in [0.3, 0.4) is 0 Å². The van der Waals surface area contributed by atoms with Crippen molar-refractivity contribution in [3.05, 3.63) is 29.3 Å². The predicted octanol–water partition coefficient (Wildman–Crippen LogP) is 1.46. The lowest BCUT2D eigenvalue weighted by molar-refractivity contribution is 0.136. The van der Waals surface area contributed by atoms with Crippen molar-refractivity contribution >= 4 is 11.5 Å². The molecule has 19 heavy (non-hydrogen) atoms. The zero-order valence-electron chi connectivity index (χ0n) is 10.7. The Morgan fingerprint density at radius 3 is 2.47 bits per heavy atom. The summed E-state index contributed by atoms with van der Waals surface area (Å²) in [5.74, 6) is -1.80. The van der Waals surface area contributed by atoms with E-state index >= 15 is 0 Å². The quantitative estimate of drug-likeness (QED) is 0.574. The molecule has 4 nitrogen and oxygen atoms in total. The first kappa shape index (κ1) is 13.7. The van der Waals surface area contributed by atoms with Gasteiger partial charge in [0.15, 0.2) is 0 Å². The van der Waals surface area contributed by atoms with Gasteiger partial charge in [-0.2, -0.15) is 0 Å². The first-order valence-electron chi connectivity index (χ1n) is 6.16. The van der Waals surface area contributed by atoms with Crippen LogP contribution in [0.5, 0.6) is 0 Å². The molecule has 4 N–H and O–H groups in total. The number of hydrogen-bond acceptors (Lipinski definition) is 3. The number of nitrogens with two attached hydrogens (primary N) is 1. The van der Waals surface area contributed by atoms with E-state index in [0.29, 0.717) is 19.5 Å². The second kappa shape index (κ2) is 5.13. The lowest BCUT2D eigenvalue weighted by Crippen LogP contribution is -2.26. The molecule has 6 heteroatoms. The Morgan fingerprint density at radius 2 is 2.05 bits per heavy atom. The highest BCUT2D eigenvalue weighted by atomic mass is 19.1. The molecule has 2 atom stereocenters. The van der Waals surface area contributed by atoms with E-state index < -0.39 is 17.7 Å². The van der Waals surface area contributed by atoms with Crippen LogP contribution in [0.1, 0.15) is 18.9 Å². The van der Waals surface area contributed by atoms with E-state index in [1.165, 1.54) is 0 Å². The topological polar surface area (TPSA) is 73.3 Å². The number of amidine groups is 1.